The maximum atomic E-state index is 12.4. The second-order valence-electron chi connectivity index (χ2n) is 4.95. The van der Waals surface area contributed by atoms with Crippen LogP contribution in [0.4, 0.5) is 5.82 Å². The Balaban J connectivity index is 2.01. The molecule has 1 aliphatic carbocycles. The monoisotopic (exact) mass is 299 g/mol. The molecule has 7 nitrogen and oxygen atoms in total. The van der Waals surface area contributed by atoms with Crippen molar-refractivity contribution in [3.63, 3.8) is 0 Å². The molecule has 0 saturated carbocycles. The van der Waals surface area contributed by atoms with Crippen molar-refractivity contribution in [3.8, 4) is 5.75 Å². The molecule has 0 spiro atoms. The van der Waals surface area contributed by atoms with Crippen LogP contribution in [0.3, 0.4) is 0 Å². The molecule has 3 rings (SSSR count). The van der Waals surface area contributed by atoms with Crippen LogP contribution in [-0.2, 0) is 13.5 Å². The summed E-state index contributed by atoms with van der Waals surface area (Å²) in [6, 6.07) is 5.33. The van der Waals surface area contributed by atoms with E-state index in [-0.39, 0.29) is 11.6 Å². The number of ketones is 1. The molecule has 0 amide bonds. The number of carbonyl (C=O) groups is 1. The number of methoxy groups -OCH3 is 1. The van der Waals surface area contributed by atoms with Crippen LogP contribution in [-0.4, -0.2) is 27.4 Å². The summed E-state index contributed by atoms with van der Waals surface area (Å²) in [6.07, 6.45) is 3.20. The SMILES string of the molecule is COc1cccc2c1CC(=Cc1ncc([N+](=O)[O-])n1C)C2=O. The van der Waals surface area contributed by atoms with Crippen molar-refractivity contribution in [2.24, 2.45) is 7.05 Å². The number of Topliss-reactive ketones (excluding diaryl/α,β-unsaturated/α-hetero) is 1. The molecular formula is C15H13N3O4. The Bertz CT molecular complexity index is 820. The lowest BCUT2D eigenvalue weighted by Crippen LogP contribution is -2.01. The van der Waals surface area contributed by atoms with E-state index in [0.717, 1.165) is 5.56 Å². The molecule has 0 saturated heterocycles. The van der Waals surface area contributed by atoms with Crippen LogP contribution in [0.25, 0.3) is 6.08 Å². The molecule has 7 heteroatoms. The third-order valence-corrected chi connectivity index (χ3v) is 3.75. The van der Waals surface area contributed by atoms with E-state index >= 15 is 0 Å². The van der Waals surface area contributed by atoms with Crippen molar-refractivity contribution in [1.29, 1.82) is 0 Å². The smallest absolute Gasteiger partial charge is 0.342 e. The molecule has 1 heterocycles. The van der Waals surface area contributed by atoms with Crippen LogP contribution in [0.15, 0.2) is 30.0 Å². The highest BCUT2D eigenvalue weighted by Gasteiger charge is 2.28. The van der Waals surface area contributed by atoms with Gasteiger partial charge in [-0.25, -0.2) is 9.55 Å². The van der Waals surface area contributed by atoms with Crippen LogP contribution in [0.5, 0.6) is 5.75 Å². The Morgan fingerprint density at radius 3 is 2.86 bits per heavy atom. The molecule has 1 aromatic heterocycles. The summed E-state index contributed by atoms with van der Waals surface area (Å²) in [6.45, 7) is 0. The number of hydrogen-bond acceptors (Lipinski definition) is 5. The average Bonchev–Trinajstić information content (AvgIpc) is 3.01. The lowest BCUT2D eigenvalue weighted by atomic mass is 10.1. The number of nitro groups is 1. The Labute approximate surface area is 126 Å². The number of hydrogen-bond donors (Lipinski definition) is 0. The zero-order chi connectivity index (χ0) is 15.9. The maximum absolute atomic E-state index is 12.4. The highest BCUT2D eigenvalue weighted by molar-refractivity contribution is 6.15. The van der Waals surface area contributed by atoms with Gasteiger partial charge in [0.25, 0.3) is 0 Å². The van der Waals surface area contributed by atoms with E-state index in [0.29, 0.717) is 29.1 Å². The van der Waals surface area contributed by atoms with E-state index in [1.807, 2.05) is 0 Å². The first-order valence-electron chi connectivity index (χ1n) is 6.60. The number of fused-ring (bicyclic) bond motifs is 1. The lowest BCUT2D eigenvalue weighted by molar-refractivity contribution is -0.391. The summed E-state index contributed by atoms with van der Waals surface area (Å²) < 4.78 is 6.62. The first-order valence-corrected chi connectivity index (χ1v) is 6.60. The molecule has 0 unspecified atom stereocenters. The highest BCUT2D eigenvalue weighted by atomic mass is 16.6. The number of imidazole rings is 1. The second kappa shape index (κ2) is 5.10. The van der Waals surface area contributed by atoms with Gasteiger partial charge in [0, 0.05) is 29.2 Å². The predicted octanol–water partition coefficient (Wildman–Crippen LogP) is 2.16. The third kappa shape index (κ3) is 2.07. The molecule has 0 fully saturated rings. The minimum absolute atomic E-state index is 0.0976. The summed E-state index contributed by atoms with van der Waals surface area (Å²) in [7, 11) is 3.11. The number of rotatable bonds is 3. The van der Waals surface area contributed by atoms with Crippen molar-refractivity contribution < 1.29 is 14.5 Å². The van der Waals surface area contributed by atoms with Crippen molar-refractivity contribution >= 4 is 17.7 Å². The van der Waals surface area contributed by atoms with Crippen LogP contribution < -0.4 is 4.74 Å². The van der Waals surface area contributed by atoms with Gasteiger partial charge in [-0.2, -0.15) is 0 Å². The number of nitrogens with zero attached hydrogens (tertiary/aromatic N) is 3. The molecule has 22 heavy (non-hydrogen) atoms. The van der Waals surface area contributed by atoms with E-state index in [4.69, 9.17) is 4.74 Å². The molecule has 1 aromatic carbocycles. The standard InChI is InChI=1S/C15H13N3O4/c1-17-13(16-8-14(17)18(20)21)7-9-6-11-10(15(9)19)4-3-5-12(11)22-2/h3-5,7-8H,6H2,1-2H3. The van der Waals surface area contributed by atoms with Gasteiger partial charge in [0.15, 0.2) is 5.78 Å². The van der Waals surface area contributed by atoms with Crippen molar-refractivity contribution in [3.05, 3.63) is 57.0 Å². The lowest BCUT2D eigenvalue weighted by Gasteiger charge is -2.04. The first-order chi connectivity index (χ1) is 10.5. The second-order valence-corrected chi connectivity index (χ2v) is 4.95. The Hall–Kier alpha value is -2.96. The fourth-order valence-electron chi connectivity index (χ4n) is 2.59. The molecule has 1 aliphatic rings. The summed E-state index contributed by atoms with van der Waals surface area (Å²) >= 11 is 0. The quantitative estimate of drug-likeness (QED) is 0.492. The van der Waals surface area contributed by atoms with Gasteiger partial charge in [0.1, 0.15) is 11.9 Å². The fraction of sp³-hybridized carbons (Fsp3) is 0.200. The average molecular weight is 299 g/mol. The minimum Gasteiger partial charge on any atom is -0.496 e. The van der Waals surface area contributed by atoms with Crippen LogP contribution in [0.2, 0.25) is 0 Å². The normalized spacial score (nSPS) is 15.2. The zero-order valence-electron chi connectivity index (χ0n) is 12.1. The molecule has 2 aromatic rings. The van der Waals surface area contributed by atoms with Crippen LogP contribution in [0, 0.1) is 10.1 Å². The topological polar surface area (TPSA) is 87.3 Å². The predicted molar refractivity (Wildman–Crippen MR) is 78.9 cm³/mol. The van der Waals surface area contributed by atoms with Gasteiger partial charge < -0.3 is 14.9 Å². The number of allylic oxidation sites excluding steroid dienone is 1. The number of aromatic nitrogens is 2. The van der Waals surface area contributed by atoms with Crippen molar-refractivity contribution in [1.82, 2.24) is 9.55 Å². The van der Waals surface area contributed by atoms with Crippen molar-refractivity contribution in [2.45, 2.75) is 6.42 Å². The molecule has 0 radical (unpaired) electrons. The van der Waals surface area contributed by atoms with Gasteiger partial charge in [0.05, 0.1) is 14.2 Å². The largest absolute Gasteiger partial charge is 0.496 e. The zero-order valence-corrected chi connectivity index (χ0v) is 12.1. The third-order valence-electron chi connectivity index (χ3n) is 3.75. The van der Waals surface area contributed by atoms with E-state index in [1.165, 1.54) is 10.8 Å². The Morgan fingerprint density at radius 1 is 1.45 bits per heavy atom. The van der Waals surface area contributed by atoms with E-state index < -0.39 is 4.92 Å². The number of carbonyl (C=O) groups excluding carboxylic acids is 1. The highest BCUT2D eigenvalue weighted by Crippen LogP contribution is 2.34. The molecular weight excluding hydrogens is 286 g/mol. The summed E-state index contributed by atoms with van der Waals surface area (Å²) in [4.78, 5) is 26.8. The van der Waals surface area contributed by atoms with Gasteiger partial charge in [-0.15, -0.1) is 0 Å². The van der Waals surface area contributed by atoms with Crippen LogP contribution >= 0.6 is 0 Å². The van der Waals surface area contributed by atoms with E-state index in [9.17, 15) is 14.9 Å². The van der Waals surface area contributed by atoms with Gasteiger partial charge in [0.2, 0.25) is 5.82 Å². The summed E-state index contributed by atoms with van der Waals surface area (Å²) in [5, 5.41) is 10.8. The Kier molecular flexibility index (Phi) is 3.25. The summed E-state index contributed by atoms with van der Waals surface area (Å²) in [5.41, 5.74) is 1.99. The van der Waals surface area contributed by atoms with Gasteiger partial charge >= 0.3 is 5.82 Å². The number of ether oxygens (including phenoxy) is 1. The van der Waals surface area contributed by atoms with Crippen molar-refractivity contribution in [2.75, 3.05) is 7.11 Å². The Morgan fingerprint density at radius 2 is 2.23 bits per heavy atom. The maximum Gasteiger partial charge on any atom is 0.342 e. The van der Waals surface area contributed by atoms with Gasteiger partial charge in [-0.1, -0.05) is 12.1 Å². The molecule has 112 valence electrons. The number of benzene rings is 1. The van der Waals surface area contributed by atoms with Crippen LogP contribution in [0.1, 0.15) is 21.7 Å². The van der Waals surface area contributed by atoms with Gasteiger partial charge in [-0.3, -0.25) is 4.79 Å². The molecule has 0 atom stereocenters. The van der Waals surface area contributed by atoms with E-state index in [1.54, 1.807) is 38.4 Å². The molecule has 0 N–H and O–H groups in total. The van der Waals surface area contributed by atoms with E-state index in [2.05, 4.69) is 4.98 Å². The fourth-order valence-corrected chi connectivity index (χ4v) is 2.59. The summed E-state index contributed by atoms with van der Waals surface area (Å²) in [5.74, 6) is 0.828. The first kappa shape index (κ1) is 14.0. The van der Waals surface area contributed by atoms with Gasteiger partial charge in [-0.05, 0) is 11.0 Å². The minimum atomic E-state index is -0.511. The molecule has 0 bridgehead atoms. The molecule has 0 aliphatic heterocycles.